The third kappa shape index (κ3) is 4.92. The summed E-state index contributed by atoms with van der Waals surface area (Å²) in [6, 6.07) is 5.64. The van der Waals surface area contributed by atoms with Crippen molar-refractivity contribution in [1.29, 1.82) is 0 Å². The number of anilines is 1. The van der Waals surface area contributed by atoms with E-state index < -0.39 is 12.0 Å². The lowest BCUT2D eigenvalue weighted by Crippen LogP contribution is -2.52. The van der Waals surface area contributed by atoms with E-state index in [4.69, 9.17) is 5.11 Å². The van der Waals surface area contributed by atoms with E-state index in [9.17, 15) is 14.0 Å². The van der Waals surface area contributed by atoms with E-state index in [-0.39, 0.29) is 18.3 Å². The third-order valence-corrected chi connectivity index (χ3v) is 4.20. The van der Waals surface area contributed by atoms with E-state index in [1.807, 2.05) is 6.92 Å². The quantitative estimate of drug-likeness (QED) is 0.785. The van der Waals surface area contributed by atoms with Gasteiger partial charge in [-0.05, 0) is 30.7 Å². The molecule has 1 aliphatic heterocycles. The van der Waals surface area contributed by atoms with Crippen molar-refractivity contribution in [3.05, 3.63) is 30.1 Å². The van der Waals surface area contributed by atoms with E-state index in [0.717, 1.165) is 12.1 Å². The molecule has 1 heterocycles. The molecule has 0 aromatic heterocycles. The van der Waals surface area contributed by atoms with Gasteiger partial charge >= 0.3 is 5.97 Å². The monoisotopic (exact) mass is 337 g/mol. The van der Waals surface area contributed by atoms with Gasteiger partial charge in [0.15, 0.2) is 0 Å². The molecule has 7 heteroatoms. The lowest BCUT2D eigenvalue weighted by molar-refractivity contribution is -0.140. The van der Waals surface area contributed by atoms with Gasteiger partial charge in [-0.2, -0.15) is 0 Å². The van der Waals surface area contributed by atoms with Crippen LogP contribution in [-0.4, -0.2) is 60.6 Å². The van der Waals surface area contributed by atoms with Crippen LogP contribution in [0.1, 0.15) is 19.8 Å². The fourth-order valence-corrected chi connectivity index (χ4v) is 2.79. The summed E-state index contributed by atoms with van der Waals surface area (Å²) in [4.78, 5) is 27.1. The number of hydrogen-bond acceptors (Lipinski definition) is 4. The van der Waals surface area contributed by atoms with E-state index in [1.165, 1.54) is 12.1 Å². The minimum absolute atomic E-state index is 0.0352. The molecule has 0 spiro atoms. The van der Waals surface area contributed by atoms with Crippen molar-refractivity contribution in [2.24, 2.45) is 0 Å². The SMILES string of the molecule is CCCC(NCC(=O)N1CCN(c2ccc(F)cc2)CC1)C(=O)O. The Bertz CT molecular complexity index is 557. The number of nitrogens with one attached hydrogen (secondary N) is 1. The van der Waals surface area contributed by atoms with Gasteiger partial charge < -0.3 is 14.9 Å². The minimum atomic E-state index is -0.925. The first-order valence-corrected chi connectivity index (χ1v) is 8.25. The highest BCUT2D eigenvalue weighted by molar-refractivity contribution is 5.80. The molecular weight excluding hydrogens is 313 g/mol. The van der Waals surface area contributed by atoms with Gasteiger partial charge in [0.1, 0.15) is 11.9 Å². The van der Waals surface area contributed by atoms with Crippen LogP contribution in [0.2, 0.25) is 0 Å². The summed E-state index contributed by atoms with van der Waals surface area (Å²) in [5.41, 5.74) is 0.940. The number of carboxylic acids is 1. The molecule has 1 unspecified atom stereocenters. The summed E-state index contributed by atoms with van der Waals surface area (Å²) >= 11 is 0. The number of rotatable bonds is 7. The molecule has 132 valence electrons. The second kappa shape index (κ2) is 8.63. The Balaban J connectivity index is 1.80. The standard InChI is InChI=1S/C17H24FN3O3/c1-2-3-15(17(23)24)19-12-16(22)21-10-8-20(9-11-21)14-6-4-13(18)5-7-14/h4-7,15,19H,2-3,8-12H2,1H3,(H,23,24). The predicted molar refractivity (Wildman–Crippen MR) is 89.5 cm³/mol. The van der Waals surface area contributed by atoms with Gasteiger partial charge in [0.25, 0.3) is 0 Å². The molecule has 1 aromatic carbocycles. The van der Waals surface area contributed by atoms with Crippen LogP contribution in [0.4, 0.5) is 10.1 Å². The fourth-order valence-electron chi connectivity index (χ4n) is 2.79. The first-order chi connectivity index (χ1) is 11.5. The van der Waals surface area contributed by atoms with Gasteiger partial charge in [0.05, 0.1) is 6.54 Å². The molecule has 0 bridgehead atoms. The van der Waals surface area contributed by atoms with Crippen molar-refractivity contribution in [3.8, 4) is 0 Å². The molecular formula is C17H24FN3O3. The van der Waals surface area contributed by atoms with E-state index in [1.54, 1.807) is 17.0 Å². The average Bonchev–Trinajstić information content (AvgIpc) is 2.59. The summed E-state index contributed by atoms with van der Waals surface area (Å²) in [5.74, 6) is -1.28. The van der Waals surface area contributed by atoms with E-state index in [0.29, 0.717) is 32.6 Å². The van der Waals surface area contributed by atoms with Crippen molar-refractivity contribution >= 4 is 17.6 Å². The molecule has 2 N–H and O–H groups in total. The highest BCUT2D eigenvalue weighted by Crippen LogP contribution is 2.16. The smallest absolute Gasteiger partial charge is 0.320 e. The zero-order valence-electron chi connectivity index (χ0n) is 13.9. The summed E-state index contributed by atoms with van der Waals surface area (Å²) in [5, 5.41) is 11.9. The maximum absolute atomic E-state index is 13.0. The maximum Gasteiger partial charge on any atom is 0.320 e. The molecule has 2 rings (SSSR count). The predicted octanol–water partition coefficient (Wildman–Crippen LogP) is 1.32. The van der Waals surface area contributed by atoms with Crippen LogP contribution >= 0.6 is 0 Å². The number of nitrogens with zero attached hydrogens (tertiary/aromatic N) is 2. The Kier molecular flexibility index (Phi) is 6.54. The van der Waals surface area contributed by atoms with Gasteiger partial charge in [-0.25, -0.2) is 4.39 Å². The van der Waals surface area contributed by atoms with Crippen molar-refractivity contribution < 1.29 is 19.1 Å². The second-order valence-electron chi connectivity index (χ2n) is 5.90. The number of carbonyl (C=O) groups is 2. The topological polar surface area (TPSA) is 72.9 Å². The Hall–Kier alpha value is -2.15. The highest BCUT2D eigenvalue weighted by Gasteiger charge is 2.23. The fraction of sp³-hybridized carbons (Fsp3) is 0.529. The maximum atomic E-state index is 13.0. The number of amides is 1. The first-order valence-electron chi connectivity index (χ1n) is 8.25. The van der Waals surface area contributed by atoms with Crippen LogP contribution in [0.5, 0.6) is 0 Å². The van der Waals surface area contributed by atoms with Crippen molar-refractivity contribution in [3.63, 3.8) is 0 Å². The number of carboxylic acid groups (broad SMARTS) is 1. The molecule has 1 fully saturated rings. The molecule has 24 heavy (non-hydrogen) atoms. The number of aliphatic carboxylic acids is 1. The molecule has 1 aliphatic rings. The molecule has 1 aromatic rings. The molecule has 1 amide bonds. The van der Waals surface area contributed by atoms with Crippen molar-refractivity contribution in [2.75, 3.05) is 37.6 Å². The van der Waals surface area contributed by atoms with Gasteiger partial charge in [-0.1, -0.05) is 13.3 Å². The summed E-state index contributed by atoms with van der Waals surface area (Å²) in [6.45, 7) is 4.44. The Morgan fingerprint density at radius 2 is 1.83 bits per heavy atom. The van der Waals surface area contributed by atoms with Gasteiger partial charge in [-0.15, -0.1) is 0 Å². The van der Waals surface area contributed by atoms with Crippen LogP contribution < -0.4 is 10.2 Å². The highest BCUT2D eigenvalue weighted by atomic mass is 19.1. The summed E-state index contributed by atoms with van der Waals surface area (Å²) < 4.78 is 13.0. The van der Waals surface area contributed by atoms with Crippen LogP contribution in [0.3, 0.4) is 0 Å². The number of hydrogen-bond donors (Lipinski definition) is 2. The van der Waals surface area contributed by atoms with Gasteiger partial charge in [0, 0.05) is 31.9 Å². The van der Waals surface area contributed by atoms with Gasteiger partial charge in [0.2, 0.25) is 5.91 Å². The molecule has 0 radical (unpaired) electrons. The zero-order chi connectivity index (χ0) is 17.5. The van der Waals surface area contributed by atoms with Crippen molar-refractivity contribution in [2.45, 2.75) is 25.8 Å². The van der Waals surface area contributed by atoms with E-state index in [2.05, 4.69) is 10.2 Å². The Labute approximate surface area is 141 Å². The summed E-state index contributed by atoms with van der Waals surface area (Å²) in [7, 11) is 0. The second-order valence-corrected chi connectivity index (χ2v) is 5.90. The Morgan fingerprint density at radius 1 is 1.21 bits per heavy atom. The number of benzene rings is 1. The average molecular weight is 337 g/mol. The Morgan fingerprint density at radius 3 is 2.38 bits per heavy atom. The van der Waals surface area contributed by atoms with Crippen LogP contribution in [-0.2, 0) is 9.59 Å². The largest absolute Gasteiger partial charge is 0.480 e. The molecule has 6 nitrogen and oxygen atoms in total. The number of carbonyl (C=O) groups excluding carboxylic acids is 1. The lowest BCUT2D eigenvalue weighted by atomic mass is 10.1. The minimum Gasteiger partial charge on any atom is -0.480 e. The normalized spacial score (nSPS) is 16.1. The molecule has 1 atom stereocenters. The molecule has 1 saturated heterocycles. The lowest BCUT2D eigenvalue weighted by Gasteiger charge is -2.36. The van der Waals surface area contributed by atoms with Crippen LogP contribution in [0.15, 0.2) is 24.3 Å². The number of piperazine rings is 1. The van der Waals surface area contributed by atoms with Crippen LogP contribution in [0, 0.1) is 5.82 Å². The van der Waals surface area contributed by atoms with Crippen LogP contribution in [0.25, 0.3) is 0 Å². The zero-order valence-corrected chi connectivity index (χ0v) is 13.9. The van der Waals surface area contributed by atoms with Crippen molar-refractivity contribution in [1.82, 2.24) is 10.2 Å². The van der Waals surface area contributed by atoms with E-state index >= 15 is 0 Å². The third-order valence-electron chi connectivity index (χ3n) is 4.20. The molecule has 0 aliphatic carbocycles. The van der Waals surface area contributed by atoms with Gasteiger partial charge in [-0.3, -0.25) is 14.9 Å². The summed E-state index contributed by atoms with van der Waals surface area (Å²) in [6.07, 6.45) is 1.25. The number of halogens is 1. The molecule has 0 saturated carbocycles. The first kappa shape index (κ1) is 18.2.